The van der Waals surface area contributed by atoms with E-state index in [1.165, 1.54) is 14.0 Å². The van der Waals surface area contributed by atoms with E-state index in [1.807, 2.05) is 20.8 Å². The van der Waals surface area contributed by atoms with E-state index in [0.29, 0.717) is 30.8 Å². The first kappa shape index (κ1) is 23.1. The number of carbonyl (C=O) groups is 2. The van der Waals surface area contributed by atoms with Crippen LogP contribution in [0, 0.1) is 23.7 Å². The number of methoxy groups -OCH3 is 1. The van der Waals surface area contributed by atoms with E-state index in [2.05, 4.69) is 19.9 Å². The minimum absolute atomic E-state index is 0.0684. The summed E-state index contributed by atoms with van der Waals surface area (Å²) >= 11 is 0. The van der Waals surface area contributed by atoms with Crippen LogP contribution in [0.4, 0.5) is 0 Å². The van der Waals surface area contributed by atoms with Gasteiger partial charge in [-0.25, -0.2) is 4.79 Å². The van der Waals surface area contributed by atoms with Crippen LogP contribution in [0.25, 0.3) is 0 Å². The number of carbonyl (C=O) groups excluding carboxylic acids is 2. The lowest BCUT2D eigenvalue weighted by Crippen LogP contribution is -2.46. The minimum Gasteiger partial charge on any atom is -0.490 e. The van der Waals surface area contributed by atoms with Crippen LogP contribution < -0.4 is 0 Å². The maximum atomic E-state index is 12.8. The van der Waals surface area contributed by atoms with Gasteiger partial charge in [0.1, 0.15) is 17.3 Å². The smallest absolute Gasteiger partial charge is 0.374 e. The van der Waals surface area contributed by atoms with Crippen molar-refractivity contribution < 1.29 is 33.6 Å². The second-order valence-electron chi connectivity index (χ2n) is 10.2. The molecule has 0 spiro atoms. The number of ether oxygens (including phenoxy) is 4. The Bertz CT molecular complexity index is 938. The lowest BCUT2D eigenvalue weighted by Gasteiger charge is -2.43. The molecule has 0 amide bonds. The molecule has 0 unspecified atom stereocenters. The molecule has 0 saturated carbocycles. The summed E-state index contributed by atoms with van der Waals surface area (Å²) in [7, 11) is 1.51. The van der Waals surface area contributed by atoms with E-state index in [0.717, 1.165) is 16.7 Å². The number of aliphatic hydroxyl groups is 1. The first-order valence-electron chi connectivity index (χ1n) is 11.4. The Labute approximate surface area is 189 Å². The third-order valence-corrected chi connectivity index (χ3v) is 7.65. The highest BCUT2D eigenvalue weighted by Gasteiger charge is 2.62. The summed E-state index contributed by atoms with van der Waals surface area (Å²) in [4.78, 5) is 25.5. The molecule has 0 radical (unpaired) electrons. The Balaban J connectivity index is 1.84. The molecule has 3 heterocycles. The predicted octanol–water partition coefficient (Wildman–Crippen LogP) is 3.78. The second kappa shape index (κ2) is 7.73. The fraction of sp³-hybridized carbons (Fsp3) is 0.680. The van der Waals surface area contributed by atoms with Gasteiger partial charge in [-0.05, 0) is 69.6 Å². The van der Waals surface area contributed by atoms with Crippen molar-refractivity contribution in [3.05, 3.63) is 34.3 Å². The Hall–Kier alpha value is -2.12. The second-order valence-corrected chi connectivity index (χ2v) is 10.2. The molecule has 4 aliphatic rings. The monoisotopic (exact) mass is 446 g/mol. The van der Waals surface area contributed by atoms with Crippen LogP contribution in [0.1, 0.15) is 60.8 Å². The van der Waals surface area contributed by atoms with Crippen molar-refractivity contribution in [1.29, 1.82) is 0 Å². The number of esters is 2. The van der Waals surface area contributed by atoms with Crippen LogP contribution in [0.3, 0.4) is 0 Å². The Morgan fingerprint density at radius 3 is 2.53 bits per heavy atom. The standard InChI is InChI=1S/C25H34O7/c1-12(2)16-15-9-8-13(3)20-17-18(25(6,28)31-20)22(26)30-19(17)14(4)10-11-24(15,5)32-23(27)21(16)29-7/h8,12,15,17-18,20,28H,9-11H2,1-7H3/b13-8-,19-14+/t15-,17+,18-,20+,24+,25-/m1/s1. The van der Waals surface area contributed by atoms with E-state index in [1.54, 1.807) is 0 Å². The zero-order valence-corrected chi connectivity index (χ0v) is 20.0. The van der Waals surface area contributed by atoms with Crippen LogP contribution in [0.15, 0.2) is 34.3 Å². The summed E-state index contributed by atoms with van der Waals surface area (Å²) in [6.45, 7) is 11.5. The van der Waals surface area contributed by atoms with Crippen molar-refractivity contribution in [2.24, 2.45) is 23.7 Å². The minimum atomic E-state index is -1.59. The summed E-state index contributed by atoms with van der Waals surface area (Å²) in [5.41, 5.74) is 2.06. The van der Waals surface area contributed by atoms with Crippen molar-refractivity contribution in [1.82, 2.24) is 0 Å². The van der Waals surface area contributed by atoms with E-state index in [4.69, 9.17) is 18.9 Å². The van der Waals surface area contributed by atoms with Crippen LogP contribution >= 0.6 is 0 Å². The molecule has 0 aromatic heterocycles. The van der Waals surface area contributed by atoms with E-state index >= 15 is 0 Å². The van der Waals surface area contributed by atoms with Gasteiger partial charge in [0.05, 0.1) is 19.1 Å². The molecule has 3 aliphatic heterocycles. The summed E-state index contributed by atoms with van der Waals surface area (Å²) in [6.07, 6.45) is 3.42. The van der Waals surface area contributed by atoms with E-state index in [-0.39, 0.29) is 17.8 Å². The van der Waals surface area contributed by atoms with Crippen molar-refractivity contribution >= 4 is 11.9 Å². The molecule has 7 heteroatoms. The van der Waals surface area contributed by atoms with E-state index < -0.39 is 35.3 Å². The average Bonchev–Trinajstić information content (AvgIpc) is 3.19. The molecule has 0 aromatic rings. The van der Waals surface area contributed by atoms with Gasteiger partial charge in [-0.3, -0.25) is 4.79 Å². The van der Waals surface area contributed by atoms with Gasteiger partial charge in [0, 0.05) is 5.92 Å². The fourth-order valence-electron chi connectivity index (χ4n) is 5.93. The molecule has 7 nitrogen and oxygen atoms in total. The first-order valence-corrected chi connectivity index (χ1v) is 11.4. The molecular formula is C25H34O7. The summed E-state index contributed by atoms with van der Waals surface area (Å²) in [5, 5.41) is 10.9. The van der Waals surface area contributed by atoms with Crippen molar-refractivity contribution in [3.8, 4) is 0 Å². The van der Waals surface area contributed by atoms with Gasteiger partial charge >= 0.3 is 11.9 Å². The molecule has 176 valence electrons. The fourth-order valence-corrected chi connectivity index (χ4v) is 5.93. The molecule has 32 heavy (non-hydrogen) atoms. The third kappa shape index (κ3) is 3.41. The highest BCUT2D eigenvalue weighted by molar-refractivity contribution is 5.89. The highest BCUT2D eigenvalue weighted by Crippen LogP contribution is 2.53. The predicted molar refractivity (Wildman–Crippen MR) is 116 cm³/mol. The zero-order valence-electron chi connectivity index (χ0n) is 20.0. The van der Waals surface area contributed by atoms with Crippen molar-refractivity contribution in [2.75, 3.05) is 7.11 Å². The zero-order chi connectivity index (χ0) is 23.6. The molecule has 2 fully saturated rings. The van der Waals surface area contributed by atoms with Gasteiger partial charge in [-0.2, -0.15) is 0 Å². The number of fused-ring (bicyclic) bond motifs is 1. The quantitative estimate of drug-likeness (QED) is 0.510. The van der Waals surface area contributed by atoms with Gasteiger partial charge in [0.2, 0.25) is 5.76 Å². The summed E-state index contributed by atoms with van der Waals surface area (Å²) < 4.78 is 23.2. The number of allylic oxidation sites excluding steroid dienone is 2. The van der Waals surface area contributed by atoms with Crippen LogP contribution in [0.2, 0.25) is 0 Å². The largest absolute Gasteiger partial charge is 0.490 e. The maximum Gasteiger partial charge on any atom is 0.374 e. The molecule has 0 bridgehead atoms. The highest BCUT2D eigenvalue weighted by atomic mass is 16.7. The van der Waals surface area contributed by atoms with Crippen molar-refractivity contribution in [2.45, 2.75) is 78.3 Å². The van der Waals surface area contributed by atoms with Crippen LogP contribution in [-0.2, 0) is 28.5 Å². The molecule has 0 aromatic carbocycles. The van der Waals surface area contributed by atoms with Gasteiger partial charge in [-0.1, -0.05) is 19.9 Å². The summed E-state index contributed by atoms with van der Waals surface area (Å²) in [6, 6.07) is 0. The lowest BCUT2D eigenvalue weighted by atomic mass is 9.72. The maximum absolute atomic E-state index is 12.8. The normalized spacial score (nSPS) is 43.7. The molecule has 2 saturated heterocycles. The third-order valence-electron chi connectivity index (χ3n) is 7.65. The summed E-state index contributed by atoms with van der Waals surface area (Å²) in [5.74, 6) is -2.68. The van der Waals surface area contributed by atoms with Crippen molar-refractivity contribution in [3.63, 3.8) is 0 Å². The molecule has 4 rings (SSSR count). The lowest BCUT2D eigenvalue weighted by molar-refractivity contribution is -0.201. The van der Waals surface area contributed by atoms with Gasteiger partial charge in [-0.15, -0.1) is 0 Å². The Morgan fingerprint density at radius 2 is 1.91 bits per heavy atom. The topological polar surface area (TPSA) is 91.3 Å². The molecule has 1 N–H and O–H groups in total. The molecule has 6 atom stereocenters. The molecular weight excluding hydrogens is 412 g/mol. The van der Waals surface area contributed by atoms with Gasteiger partial charge in [0.15, 0.2) is 5.79 Å². The van der Waals surface area contributed by atoms with Gasteiger partial charge < -0.3 is 24.1 Å². The Kier molecular flexibility index (Phi) is 5.57. The van der Waals surface area contributed by atoms with Crippen LogP contribution in [0.5, 0.6) is 0 Å². The number of hydrogen-bond donors (Lipinski definition) is 1. The van der Waals surface area contributed by atoms with Crippen LogP contribution in [-0.4, -0.2) is 41.6 Å². The average molecular weight is 447 g/mol. The van der Waals surface area contributed by atoms with E-state index in [9.17, 15) is 14.7 Å². The molecule has 1 aliphatic carbocycles. The Morgan fingerprint density at radius 1 is 1.22 bits per heavy atom. The number of hydrogen-bond acceptors (Lipinski definition) is 7. The first-order chi connectivity index (χ1) is 14.9. The number of rotatable bonds is 2. The SMILES string of the molecule is COC1=C(C(C)C)[C@H]2C/C=C(/C)[C@@H]3O[C@@](C)(O)[C@H]4C(=O)O/C(=C(\C)CC[C@]2(C)OC1=O)[C@@H]34. The van der Waals surface area contributed by atoms with Gasteiger partial charge in [0.25, 0.3) is 0 Å².